The third kappa shape index (κ3) is 3.53. The summed E-state index contributed by atoms with van der Waals surface area (Å²) in [5.74, 6) is -0.772. The number of rotatable bonds is 4. The zero-order chi connectivity index (χ0) is 12.1. The van der Waals surface area contributed by atoms with Crippen molar-refractivity contribution in [2.75, 3.05) is 19.6 Å². The van der Waals surface area contributed by atoms with Crippen LogP contribution in [0.2, 0.25) is 0 Å². The molecule has 1 aromatic rings. The number of aromatic nitrogens is 1. The molecule has 0 bridgehead atoms. The van der Waals surface area contributed by atoms with E-state index in [9.17, 15) is 4.79 Å². The van der Waals surface area contributed by atoms with Gasteiger partial charge in [-0.15, -0.1) is 0 Å². The molecule has 0 amide bonds. The monoisotopic (exact) mass is 234 g/mol. The second-order valence-electron chi connectivity index (χ2n) is 4.56. The van der Waals surface area contributed by atoms with Gasteiger partial charge in [0.2, 0.25) is 0 Å². The highest BCUT2D eigenvalue weighted by molar-refractivity contribution is 5.70. The molecule has 1 saturated heterocycles. The third-order valence-electron chi connectivity index (χ3n) is 3.40. The molecule has 0 aliphatic carbocycles. The molecule has 1 fully saturated rings. The Kier molecular flexibility index (Phi) is 4.09. The van der Waals surface area contributed by atoms with E-state index in [1.807, 2.05) is 24.5 Å². The van der Waals surface area contributed by atoms with E-state index in [-0.39, 0.29) is 5.92 Å². The molecule has 1 aliphatic heterocycles. The number of hydrogen-bond acceptors (Lipinski definition) is 3. The highest BCUT2D eigenvalue weighted by atomic mass is 16.4. The van der Waals surface area contributed by atoms with Crippen LogP contribution in [-0.4, -0.2) is 40.6 Å². The van der Waals surface area contributed by atoms with E-state index in [0.29, 0.717) is 0 Å². The molecule has 1 aromatic heterocycles. The summed E-state index contributed by atoms with van der Waals surface area (Å²) >= 11 is 0. The van der Waals surface area contributed by atoms with Gasteiger partial charge in [0.1, 0.15) is 0 Å². The maximum atomic E-state index is 10.8. The van der Waals surface area contributed by atoms with E-state index in [1.54, 1.807) is 0 Å². The van der Waals surface area contributed by atoms with E-state index in [4.69, 9.17) is 5.11 Å². The fourth-order valence-corrected chi connectivity index (χ4v) is 2.24. The molecule has 0 aromatic carbocycles. The first-order valence-corrected chi connectivity index (χ1v) is 6.10. The van der Waals surface area contributed by atoms with E-state index in [0.717, 1.165) is 38.9 Å². The van der Waals surface area contributed by atoms with Crippen LogP contribution in [0.1, 0.15) is 18.4 Å². The Morgan fingerprint density at radius 1 is 1.35 bits per heavy atom. The van der Waals surface area contributed by atoms with Crippen LogP contribution in [0.25, 0.3) is 0 Å². The van der Waals surface area contributed by atoms with Crippen LogP contribution in [0, 0.1) is 5.92 Å². The predicted octanol–water partition coefficient (Wildman–Crippen LogP) is 1.42. The maximum absolute atomic E-state index is 10.8. The van der Waals surface area contributed by atoms with Crippen molar-refractivity contribution in [3.8, 4) is 0 Å². The van der Waals surface area contributed by atoms with E-state index >= 15 is 0 Å². The third-order valence-corrected chi connectivity index (χ3v) is 3.40. The van der Waals surface area contributed by atoms with Gasteiger partial charge in [0.05, 0.1) is 5.92 Å². The first-order chi connectivity index (χ1) is 8.25. The summed E-state index contributed by atoms with van der Waals surface area (Å²) in [6.07, 6.45) is 6.20. The lowest BCUT2D eigenvalue weighted by molar-refractivity contribution is -0.143. The lowest BCUT2D eigenvalue weighted by Gasteiger charge is -2.29. The summed E-state index contributed by atoms with van der Waals surface area (Å²) in [4.78, 5) is 17.2. The summed E-state index contributed by atoms with van der Waals surface area (Å²) in [6.45, 7) is 2.82. The first kappa shape index (κ1) is 12.0. The van der Waals surface area contributed by atoms with E-state index in [1.165, 1.54) is 5.56 Å². The minimum Gasteiger partial charge on any atom is -0.481 e. The van der Waals surface area contributed by atoms with Gasteiger partial charge in [0.25, 0.3) is 0 Å². The van der Waals surface area contributed by atoms with Crippen molar-refractivity contribution in [1.82, 2.24) is 9.88 Å². The lowest BCUT2D eigenvalue weighted by atomic mass is 9.97. The van der Waals surface area contributed by atoms with Gasteiger partial charge in [0, 0.05) is 18.9 Å². The number of carboxylic acids is 1. The zero-order valence-electron chi connectivity index (χ0n) is 9.88. The van der Waals surface area contributed by atoms with Crippen LogP contribution >= 0.6 is 0 Å². The number of pyridine rings is 1. The SMILES string of the molecule is O=C(O)C1CCN(CCc2ccncc2)CC1. The topological polar surface area (TPSA) is 53.4 Å². The minimum atomic E-state index is -0.640. The van der Waals surface area contributed by atoms with Gasteiger partial charge in [-0.3, -0.25) is 9.78 Å². The lowest BCUT2D eigenvalue weighted by Crippen LogP contribution is -2.37. The molecule has 0 radical (unpaired) electrons. The summed E-state index contributed by atoms with van der Waals surface area (Å²) in [5.41, 5.74) is 1.29. The van der Waals surface area contributed by atoms with Crippen molar-refractivity contribution >= 4 is 5.97 Å². The van der Waals surface area contributed by atoms with Crippen molar-refractivity contribution in [3.05, 3.63) is 30.1 Å². The van der Waals surface area contributed by atoms with Gasteiger partial charge in [0.15, 0.2) is 0 Å². The van der Waals surface area contributed by atoms with Crippen LogP contribution in [0.15, 0.2) is 24.5 Å². The molecule has 0 spiro atoms. The largest absolute Gasteiger partial charge is 0.481 e. The number of aliphatic carboxylic acids is 1. The van der Waals surface area contributed by atoms with Crippen LogP contribution in [-0.2, 0) is 11.2 Å². The van der Waals surface area contributed by atoms with Gasteiger partial charge in [-0.25, -0.2) is 0 Å². The second kappa shape index (κ2) is 5.77. The van der Waals surface area contributed by atoms with Crippen LogP contribution in [0.4, 0.5) is 0 Å². The first-order valence-electron chi connectivity index (χ1n) is 6.10. The summed E-state index contributed by atoms with van der Waals surface area (Å²) in [7, 11) is 0. The van der Waals surface area contributed by atoms with Gasteiger partial charge < -0.3 is 10.0 Å². The van der Waals surface area contributed by atoms with Gasteiger partial charge in [-0.1, -0.05) is 0 Å². The number of hydrogen-bond donors (Lipinski definition) is 1. The Bertz CT molecular complexity index is 359. The van der Waals surface area contributed by atoms with Crippen molar-refractivity contribution in [1.29, 1.82) is 0 Å². The average molecular weight is 234 g/mol. The Morgan fingerprint density at radius 2 is 2.00 bits per heavy atom. The summed E-state index contributed by atoms with van der Waals surface area (Å²) < 4.78 is 0. The Balaban J connectivity index is 1.74. The number of carboxylic acid groups (broad SMARTS) is 1. The molecule has 2 rings (SSSR count). The second-order valence-corrected chi connectivity index (χ2v) is 4.56. The molecule has 17 heavy (non-hydrogen) atoms. The fraction of sp³-hybridized carbons (Fsp3) is 0.538. The number of carbonyl (C=O) groups is 1. The fourth-order valence-electron chi connectivity index (χ4n) is 2.24. The van der Waals surface area contributed by atoms with Crippen molar-refractivity contribution in [2.45, 2.75) is 19.3 Å². The van der Waals surface area contributed by atoms with Gasteiger partial charge in [-0.2, -0.15) is 0 Å². The average Bonchev–Trinajstić information content (AvgIpc) is 2.38. The highest BCUT2D eigenvalue weighted by Gasteiger charge is 2.23. The molecular formula is C13H18N2O2. The Labute approximate surface area is 101 Å². The highest BCUT2D eigenvalue weighted by Crippen LogP contribution is 2.17. The Morgan fingerprint density at radius 3 is 2.59 bits per heavy atom. The quantitative estimate of drug-likeness (QED) is 0.856. The van der Waals surface area contributed by atoms with Crippen molar-refractivity contribution in [3.63, 3.8) is 0 Å². The van der Waals surface area contributed by atoms with Crippen molar-refractivity contribution < 1.29 is 9.90 Å². The molecule has 4 heteroatoms. The number of piperidine rings is 1. The molecule has 0 atom stereocenters. The van der Waals surface area contributed by atoms with Crippen molar-refractivity contribution in [2.24, 2.45) is 5.92 Å². The molecule has 2 heterocycles. The number of nitrogens with zero attached hydrogens (tertiary/aromatic N) is 2. The molecule has 1 aliphatic rings. The molecule has 92 valence electrons. The van der Waals surface area contributed by atoms with Gasteiger partial charge >= 0.3 is 5.97 Å². The zero-order valence-corrected chi connectivity index (χ0v) is 9.88. The van der Waals surface area contributed by atoms with Crippen LogP contribution in [0.5, 0.6) is 0 Å². The molecule has 0 saturated carbocycles. The summed E-state index contributed by atoms with van der Waals surface area (Å²) in [5, 5.41) is 8.91. The number of likely N-dealkylation sites (tertiary alicyclic amines) is 1. The molecule has 1 N–H and O–H groups in total. The summed E-state index contributed by atoms with van der Waals surface area (Å²) in [6, 6.07) is 4.06. The molecule has 4 nitrogen and oxygen atoms in total. The standard InChI is InChI=1S/C13H18N2O2/c16-13(17)12-4-9-15(10-5-12)8-3-11-1-6-14-7-2-11/h1-2,6-7,12H,3-5,8-10H2,(H,16,17). The smallest absolute Gasteiger partial charge is 0.306 e. The Hall–Kier alpha value is -1.42. The van der Waals surface area contributed by atoms with Crippen LogP contribution in [0.3, 0.4) is 0 Å². The molecule has 0 unspecified atom stereocenters. The predicted molar refractivity (Wildman–Crippen MR) is 64.7 cm³/mol. The molecular weight excluding hydrogens is 216 g/mol. The van der Waals surface area contributed by atoms with Gasteiger partial charge in [-0.05, 0) is 50.0 Å². The maximum Gasteiger partial charge on any atom is 0.306 e. The van der Waals surface area contributed by atoms with Crippen LogP contribution < -0.4 is 0 Å². The minimum absolute atomic E-state index is 0.132. The van der Waals surface area contributed by atoms with E-state index in [2.05, 4.69) is 9.88 Å². The normalized spacial score (nSPS) is 18.1. The van der Waals surface area contributed by atoms with E-state index < -0.39 is 5.97 Å².